The number of carbonyl (C=O) groups excluding carboxylic acids is 2. The number of benzene rings is 3. The highest BCUT2D eigenvalue weighted by Gasteiger charge is 2.62. The van der Waals surface area contributed by atoms with Crippen molar-refractivity contribution in [2.75, 3.05) is 4.90 Å². The van der Waals surface area contributed by atoms with Gasteiger partial charge in [0.2, 0.25) is 11.8 Å². The van der Waals surface area contributed by atoms with Crippen molar-refractivity contribution >= 4 is 23.1 Å². The molecule has 1 saturated carbocycles. The number of allylic oxidation sites excluding steroid dienone is 3. The highest BCUT2D eigenvalue weighted by Crippen LogP contribution is 2.58. The first-order valence-corrected chi connectivity index (χ1v) is 11.5. The van der Waals surface area contributed by atoms with Gasteiger partial charge in [-0.3, -0.25) is 9.59 Å². The number of hydrogen-bond acceptors (Lipinski definition) is 2. The minimum atomic E-state index is -0.325. The largest absolute Gasteiger partial charge is 0.274 e. The van der Waals surface area contributed by atoms with Crippen molar-refractivity contribution in [1.82, 2.24) is 0 Å². The van der Waals surface area contributed by atoms with E-state index in [0.717, 1.165) is 16.7 Å². The summed E-state index contributed by atoms with van der Waals surface area (Å²) in [7, 11) is 0. The van der Waals surface area contributed by atoms with E-state index >= 15 is 0 Å². The van der Waals surface area contributed by atoms with Gasteiger partial charge in [-0.2, -0.15) is 0 Å². The van der Waals surface area contributed by atoms with Crippen LogP contribution in [0.3, 0.4) is 0 Å². The molecule has 3 aliphatic rings. The lowest BCUT2D eigenvalue weighted by molar-refractivity contribution is -0.122. The summed E-state index contributed by atoms with van der Waals surface area (Å²) in [6.07, 6.45) is 4.31. The van der Waals surface area contributed by atoms with Crippen molar-refractivity contribution < 1.29 is 9.59 Å². The van der Waals surface area contributed by atoms with E-state index in [4.69, 9.17) is 0 Å². The van der Waals surface area contributed by atoms with Gasteiger partial charge in [0.25, 0.3) is 0 Å². The maximum Gasteiger partial charge on any atom is 0.238 e. The Morgan fingerprint density at radius 1 is 0.636 bits per heavy atom. The molecule has 6 rings (SSSR count). The lowest BCUT2D eigenvalue weighted by atomic mass is 9.85. The summed E-state index contributed by atoms with van der Waals surface area (Å²) in [5, 5.41) is 0. The second-order valence-electron chi connectivity index (χ2n) is 9.40. The molecule has 0 N–H and O–H groups in total. The van der Waals surface area contributed by atoms with Gasteiger partial charge in [0, 0.05) is 11.8 Å². The highest BCUT2D eigenvalue weighted by atomic mass is 16.2. The first-order chi connectivity index (χ1) is 16.0. The van der Waals surface area contributed by atoms with E-state index in [0.29, 0.717) is 5.69 Å². The zero-order valence-corrected chi connectivity index (χ0v) is 18.7. The number of aryl methyl sites for hydroxylation is 2. The van der Waals surface area contributed by atoms with Crippen molar-refractivity contribution in [2.24, 2.45) is 23.7 Å². The normalized spacial score (nSPS) is 25.2. The first-order valence-electron chi connectivity index (χ1n) is 11.5. The van der Waals surface area contributed by atoms with Gasteiger partial charge >= 0.3 is 0 Å². The van der Waals surface area contributed by atoms with Crippen LogP contribution in [-0.4, -0.2) is 11.8 Å². The van der Waals surface area contributed by atoms with Crippen molar-refractivity contribution in [3.63, 3.8) is 0 Å². The van der Waals surface area contributed by atoms with E-state index < -0.39 is 0 Å². The summed E-state index contributed by atoms with van der Waals surface area (Å²) < 4.78 is 0. The Labute approximate surface area is 194 Å². The standard InChI is InChI=1S/C30H25NO2/c1-18-8-12-20(13-9-18)25(21-14-10-19(2)11-15-21)26-23-16-17-24(26)28-27(23)29(32)31(30(28)33)22-6-4-3-5-7-22/h3-17,23-24,27-28H,1-2H3/t23-,24+,27-,28-/m0/s1. The van der Waals surface area contributed by atoms with E-state index in [9.17, 15) is 9.59 Å². The summed E-state index contributed by atoms with van der Waals surface area (Å²) in [5.74, 6) is -0.900. The van der Waals surface area contributed by atoms with E-state index in [1.165, 1.54) is 21.6 Å². The van der Waals surface area contributed by atoms with Crippen LogP contribution in [0.25, 0.3) is 5.57 Å². The number of hydrogen-bond donors (Lipinski definition) is 0. The molecular formula is C30H25NO2. The lowest BCUT2D eigenvalue weighted by Gasteiger charge is -2.21. The Bertz CT molecular complexity index is 1230. The Morgan fingerprint density at radius 2 is 1.09 bits per heavy atom. The molecule has 0 spiro atoms. The molecule has 0 aromatic heterocycles. The summed E-state index contributed by atoms with van der Waals surface area (Å²) in [6, 6.07) is 26.5. The maximum absolute atomic E-state index is 13.6. The zero-order valence-electron chi connectivity index (χ0n) is 18.7. The van der Waals surface area contributed by atoms with Gasteiger partial charge in [-0.1, -0.05) is 90.0 Å². The predicted octanol–water partition coefficient (Wildman–Crippen LogP) is 5.73. The van der Waals surface area contributed by atoms with E-state index in [1.807, 2.05) is 30.3 Å². The average Bonchev–Trinajstić information content (AvgIpc) is 3.46. The van der Waals surface area contributed by atoms with Gasteiger partial charge in [0.1, 0.15) is 0 Å². The fraction of sp³-hybridized carbons (Fsp3) is 0.200. The molecule has 2 amide bonds. The van der Waals surface area contributed by atoms with E-state index in [-0.39, 0.29) is 35.5 Å². The SMILES string of the molecule is Cc1ccc(C(=C2[C@H]3C=C[C@@H]2[C@@H]2C(=O)N(c4ccccc4)C(=O)[C@H]23)c2ccc(C)cc2)cc1. The molecule has 3 heteroatoms. The summed E-state index contributed by atoms with van der Waals surface area (Å²) >= 11 is 0. The van der Waals surface area contributed by atoms with Gasteiger partial charge in [-0.15, -0.1) is 0 Å². The van der Waals surface area contributed by atoms with E-state index in [1.54, 1.807) is 0 Å². The second kappa shape index (κ2) is 7.41. The molecule has 0 unspecified atom stereocenters. The molecule has 2 fully saturated rings. The van der Waals surface area contributed by atoms with Gasteiger partial charge < -0.3 is 0 Å². The highest BCUT2D eigenvalue weighted by molar-refractivity contribution is 6.23. The van der Waals surface area contributed by atoms with Crippen LogP contribution < -0.4 is 4.90 Å². The molecule has 2 bridgehead atoms. The Kier molecular flexibility index (Phi) is 4.48. The molecule has 1 saturated heterocycles. The van der Waals surface area contributed by atoms with Crippen LogP contribution in [0.2, 0.25) is 0 Å². The maximum atomic E-state index is 13.6. The topological polar surface area (TPSA) is 37.4 Å². The third-order valence-electron chi connectivity index (χ3n) is 7.40. The number of fused-ring (bicyclic) bond motifs is 5. The Balaban J connectivity index is 1.50. The average molecular weight is 432 g/mol. The number of para-hydroxylation sites is 1. The molecule has 0 radical (unpaired) electrons. The van der Waals surface area contributed by atoms with Crippen LogP contribution in [0.4, 0.5) is 5.69 Å². The van der Waals surface area contributed by atoms with Gasteiger partial charge in [-0.05, 0) is 48.3 Å². The van der Waals surface area contributed by atoms with Crippen LogP contribution in [0, 0.1) is 37.5 Å². The molecule has 3 aromatic carbocycles. The van der Waals surface area contributed by atoms with Crippen LogP contribution in [0.5, 0.6) is 0 Å². The molecule has 3 aromatic rings. The van der Waals surface area contributed by atoms with Crippen LogP contribution in [-0.2, 0) is 9.59 Å². The third kappa shape index (κ3) is 2.96. The quantitative estimate of drug-likeness (QED) is 0.392. The molecule has 33 heavy (non-hydrogen) atoms. The lowest BCUT2D eigenvalue weighted by Crippen LogP contribution is -2.33. The minimum absolute atomic E-state index is 0.0530. The van der Waals surface area contributed by atoms with Crippen molar-refractivity contribution in [3.8, 4) is 0 Å². The van der Waals surface area contributed by atoms with Gasteiger partial charge in [0.15, 0.2) is 0 Å². The van der Waals surface area contributed by atoms with E-state index in [2.05, 4.69) is 74.5 Å². The number of carbonyl (C=O) groups is 2. The molecule has 1 aliphatic heterocycles. The predicted molar refractivity (Wildman–Crippen MR) is 130 cm³/mol. The summed E-state index contributed by atoms with van der Waals surface area (Å²) in [5.41, 5.74) is 7.74. The van der Waals surface area contributed by atoms with Gasteiger partial charge in [0.05, 0.1) is 17.5 Å². The number of imide groups is 1. The third-order valence-corrected chi connectivity index (χ3v) is 7.40. The van der Waals surface area contributed by atoms with Crippen molar-refractivity contribution in [3.05, 3.63) is 119 Å². The molecule has 4 atom stereocenters. The molecule has 2 aliphatic carbocycles. The molecular weight excluding hydrogens is 406 g/mol. The zero-order chi connectivity index (χ0) is 22.7. The fourth-order valence-corrected chi connectivity index (χ4v) is 5.87. The number of amides is 2. The minimum Gasteiger partial charge on any atom is -0.274 e. The van der Waals surface area contributed by atoms with Crippen LogP contribution in [0.15, 0.2) is 96.6 Å². The second-order valence-corrected chi connectivity index (χ2v) is 9.40. The smallest absolute Gasteiger partial charge is 0.238 e. The summed E-state index contributed by atoms with van der Waals surface area (Å²) in [6.45, 7) is 4.17. The van der Waals surface area contributed by atoms with Gasteiger partial charge in [-0.25, -0.2) is 4.90 Å². The van der Waals surface area contributed by atoms with Crippen LogP contribution in [0.1, 0.15) is 22.3 Å². The number of anilines is 1. The monoisotopic (exact) mass is 431 g/mol. The fourth-order valence-electron chi connectivity index (χ4n) is 5.87. The Morgan fingerprint density at radius 3 is 1.55 bits per heavy atom. The number of nitrogens with zero attached hydrogens (tertiary/aromatic N) is 1. The van der Waals surface area contributed by atoms with Crippen molar-refractivity contribution in [2.45, 2.75) is 13.8 Å². The van der Waals surface area contributed by atoms with Crippen molar-refractivity contribution in [1.29, 1.82) is 0 Å². The van der Waals surface area contributed by atoms with Crippen LogP contribution >= 0.6 is 0 Å². The Hall–Kier alpha value is -3.72. The molecule has 3 nitrogen and oxygen atoms in total. The molecule has 162 valence electrons. The first kappa shape index (κ1) is 19.9. The molecule has 1 heterocycles. The summed E-state index contributed by atoms with van der Waals surface area (Å²) in [4.78, 5) is 28.5. The number of rotatable bonds is 3.